The summed E-state index contributed by atoms with van der Waals surface area (Å²) < 4.78 is 1.81. The van der Waals surface area contributed by atoms with E-state index in [2.05, 4.69) is 34.7 Å². The Kier molecular flexibility index (Phi) is 6.14. The molecule has 0 spiro atoms. The third-order valence-corrected chi connectivity index (χ3v) is 7.24. The number of carbonyl (C=O) groups excluding carboxylic acids is 1. The zero-order chi connectivity index (χ0) is 24.7. The second-order valence-electron chi connectivity index (χ2n) is 10.6. The van der Waals surface area contributed by atoms with Crippen LogP contribution in [0.15, 0.2) is 48.7 Å². The molecular weight excluding hydrogens is 428 g/mol. The molecule has 1 fully saturated rings. The van der Waals surface area contributed by atoms with E-state index in [0.717, 1.165) is 28.5 Å². The summed E-state index contributed by atoms with van der Waals surface area (Å²) in [6.07, 6.45) is 1.99. The minimum atomic E-state index is -1.15. The molecule has 2 atom stereocenters. The van der Waals surface area contributed by atoms with Gasteiger partial charge in [-0.1, -0.05) is 56.7 Å². The van der Waals surface area contributed by atoms with Crippen molar-refractivity contribution in [2.24, 2.45) is 18.4 Å². The van der Waals surface area contributed by atoms with Crippen molar-refractivity contribution in [3.05, 3.63) is 65.4 Å². The maximum atomic E-state index is 13.8. The van der Waals surface area contributed by atoms with Crippen LogP contribution in [0.3, 0.4) is 0 Å². The quantitative estimate of drug-likeness (QED) is 0.583. The van der Waals surface area contributed by atoms with E-state index in [-0.39, 0.29) is 11.8 Å². The van der Waals surface area contributed by atoms with Crippen LogP contribution in [0.1, 0.15) is 43.9 Å². The van der Waals surface area contributed by atoms with Gasteiger partial charge in [0.1, 0.15) is 5.54 Å². The topological polar surface area (TPSA) is 87.5 Å². The van der Waals surface area contributed by atoms with Crippen molar-refractivity contribution in [1.29, 1.82) is 0 Å². The molecule has 0 saturated carbocycles. The van der Waals surface area contributed by atoms with Crippen molar-refractivity contribution in [3.8, 4) is 0 Å². The zero-order valence-electron chi connectivity index (χ0n) is 20.6. The Morgan fingerprint density at radius 3 is 2.47 bits per heavy atom. The number of hydrogen-bond acceptors (Lipinski definition) is 3. The molecule has 0 unspecified atom stereocenters. The van der Waals surface area contributed by atoms with E-state index in [1.165, 1.54) is 10.5 Å². The van der Waals surface area contributed by atoms with Crippen LogP contribution in [-0.2, 0) is 24.8 Å². The summed E-state index contributed by atoms with van der Waals surface area (Å²) in [4.78, 5) is 27.5. The minimum absolute atomic E-state index is 0.0653. The molecule has 1 saturated heterocycles. The normalized spacial score (nSPS) is 20.6. The number of fused-ring (bicyclic) bond motifs is 1. The molecule has 0 radical (unpaired) electrons. The number of carbonyl (C=O) groups is 2. The summed E-state index contributed by atoms with van der Waals surface area (Å²) in [5, 5.41) is 18.5. The molecule has 1 aliphatic rings. The third kappa shape index (κ3) is 4.27. The Morgan fingerprint density at radius 2 is 1.82 bits per heavy atom. The monoisotopic (exact) mass is 462 g/mol. The predicted octanol–water partition coefficient (Wildman–Crippen LogP) is 4.53. The molecule has 1 aliphatic heterocycles. The molecule has 7 nitrogen and oxygen atoms in total. The van der Waals surface area contributed by atoms with Gasteiger partial charge in [-0.05, 0) is 54.4 Å². The van der Waals surface area contributed by atoms with E-state index in [1.54, 1.807) is 6.20 Å². The Morgan fingerprint density at radius 1 is 1.15 bits per heavy atom. The Labute approximate surface area is 200 Å². The highest BCUT2D eigenvalue weighted by molar-refractivity contribution is 5.91. The SMILES string of the molecule is Cc1ccc(C[C@H]2CN(C(=O)O)[C@](C(=O)NCc3ccc4c(cnn4C)c3)(C(C)(C)C)C2)cc1. The van der Waals surface area contributed by atoms with Crippen molar-refractivity contribution in [1.82, 2.24) is 20.0 Å². The molecule has 0 bridgehead atoms. The average Bonchev–Trinajstić information content (AvgIpc) is 3.35. The molecule has 180 valence electrons. The summed E-state index contributed by atoms with van der Waals surface area (Å²) in [6, 6.07) is 14.3. The summed E-state index contributed by atoms with van der Waals surface area (Å²) in [5.41, 5.74) is 2.60. The van der Waals surface area contributed by atoms with Crippen LogP contribution in [0.4, 0.5) is 4.79 Å². The van der Waals surface area contributed by atoms with Gasteiger partial charge in [0.15, 0.2) is 0 Å². The number of aromatic nitrogens is 2. The lowest BCUT2D eigenvalue weighted by atomic mass is 9.69. The first-order valence-corrected chi connectivity index (χ1v) is 11.8. The number of aryl methyl sites for hydroxylation is 2. The number of likely N-dealkylation sites (tertiary alicyclic amines) is 1. The summed E-state index contributed by atoms with van der Waals surface area (Å²) in [6.45, 7) is 8.59. The van der Waals surface area contributed by atoms with Crippen LogP contribution in [0.2, 0.25) is 0 Å². The largest absolute Gasteiger partial charge is 0.465 e. The van der Waals surface area contributed by atoms with Gasteiger partial charge < -0.3 is 10.4 Å². The van der Waals surface area contributed by atoms with Crippen molar-refractivity contribution in [2.75, 3.05) is 6.54 Å². The first-order valence-electron chi connectivity index (χ1n) is 11.8. The number of amides is 2. The van der Waals surface area contributed by atoms with Crippen molar-refractivity contribution < 1.29 is 14.7 Å². The lowest BCUT2D eigenvalue weighted by molar-refractivity contribution is -0.137. The zero-order valence-corrected chi connectivity index (χ0v) is 20.6. The standard InChI is InChI=1S/C27H34N4O3/c1-18-6-8-19(9-7-18)12-21-14-27(26(2,3)4,31(17-21)25(33)34)24(32)28-15-20-10-11-23-22(13-20)16-29-30(23)5/h6-11,13,16,21H,12,14-15,17H2,1-5H3,(H,28,32)(H,33,34)/t21-,27-/m1/s1. The van der Waals surface area contributed by atoms with Gasteiger partial charge in [-0.15, -0.1) is 0 Å². The fraction of sp³-hybridized carbons (Fsp3) is 0.444. The number of nitrogens with one attached hydrogen (secondary N) is 1. The summed E-state index contributed by atoms with van der Waals surface area (Å²) in [5.74, 6) is -0.171. The Balaban J connectivity index is 1.58. The van der Waals surface area contributed by atoms with Crippen LogP contribution in [-0.4, -0.2) is 43.9 Å². The molecule has 2 heterocycles. The number of carboxylic acid groups (broad SMARTS) is 1. The smallest absolute Gasteiger partial charge is 0.408 e. The maximum Gasteiger partial charge on any atom is 0.408 e. The fourth-order valence-corrected chi connectivity index (χ4v) is 5.36. The maximum absolute atomic E-state index is 13.8. The molecule has 1 aromatic heterocycles. The minimum Gasteiger partial charge on any atom is -0.465 e. The lowest BCUT2D eigenvalue weighted by Gasteiger charge is -2.45. The highest BCUT2D eigenvalue weighted by Crippen LogP contribution is 2.47. The molecule has 4 rings (SSSR count). The van der Waals surface area contributed by atoms with Crippen molar-refractivity contribution in [3.63, 3.8) is 0 Å². The van der Waals surface area contributed by atoms with Gasteiger partial charge in [0.2, 0.25) is 5.91 Å². The Hall–Kier alpha value is -3.35. The predicted molar refractivity (Wildman–Crippen MR) is 132 cm³/mol. The molecule has 2 aromatic carbocycles. The van der Waals surface area contributed by atoms with Gasteiger partial charge >= 0.3 is 6.09 Å². The van der Waals surface area contributed by atoms with Gasteiger partial charge in [0.05, 0.1) is 11.7 Å². The third-order valence-electron chi connectivity index (χ3n) is 7.24. The van der Waals surface area contributed by atoms with E-state index in [9.17, 15) is 14.7 Å². The van der Waals surface area contributed by atoms with Gasteiger partial charge in [-0.25, -0.2) is 4.79 Å². The van der Waals surface area contributed by atoms with E-state index < -0.39 is 17.0 Å². The number of nitrogens with zero attached hydrogens (tertiary/aromatic N) is 3. The highest BCUT2D eigenvalue weighted by Gasteiger charge is 2.59. The van der Waals surface area contributed by atoms with E-state index in [4.69, 9.17) is 0 Å². The fourth-order valence-electron chi connectivity index (χ4n) is 5.36. The first-order chi connectivity index (χ1) is 16.0. The summed E-state index contributed by atoms with van der Waals surface area (Å²) >= 11 is 0. The van der Waals surface area contributed by atoms with Crippen LogP contribution in [0, 0.1) is 18.3 Å². The molecular formula is C27H34N4O3. The molecule has 2 N–H and O–H groups in total. The van der Waals surface area contributed by atoms with E-state index >= 15 is 0 Å². The molecule has 3 aromatic rings. The van der Waals surface area contributed by atoms with Crippen LogP contribution < -0.4 is 5.32 Å². The van der Waals surface area contributed by atoms with Crippen molar-refractivity contribution >= 4 is 22.9 Å². The average molecular weight is 463 g/mol. The molecule has 0 aliphatic carbocycles. The van der Waals surface area contributed by atoms with Gasteiger partial charge in [-0.2, -0.15) is 5.10 Å². The van der Waals surface area contributed by atoms with Crippen LogP contribution in [0.25, 0.3) is 10.9 Å². The Bertz CT molecular complexity index is 1210. The van der Waals surface area contributed by atoms with Gasteiger partial charge in [0.25, 0.3) is 0 Å². The van der Waals surface area contributed by atoms with Crippen molar-refractivity contribution in [2.45, 2.75) is 52.6 Å². The highest BCUT2D eigenvalue weighted by atomic mass is 16.4. The molecule has 7 heteroatoms. The summed E-state index contributed by atoms with van der Waals surface area (Å²) in [7, 11) is 1.89. The lowest BCUT2D eigenvalue weighted by Crippen LogP contribution is -2.63. The number of rotatable bonds is 5. The first kappa shape index (κ1) is 23.8. The van der Waals surface area contributed by atoms with Crippen LogP contribution in [0.5, 0.6) is 0 Å². The second kappa shape index (κ2) is 8.78. The molecule has 2 amide bonds. The van der Waals surface area contributed by atoms with E-state index in [1.807, 2.05) is 57.6 Å². The number of hydrogen-bond donors (Lipinski definition) is 2. The van der Waals surface area contributed by atoms with Gasteiger partial charge in [0, 0.05) is 25.5 Å². The second-order valence-corrected chi connectivity index (χ2v) is 10.6. The van der Waals surface area contributed by atoms with Gasteiger partial charge in [-0.3, -0.25) is 14.4 Å². The van der Waals surface area contributed by atoms with E-state index in [0.29, 0.717) is 19.5 Å². The van der Waals surface area contributed by atoms with Crippen LogP contribution >= 0.6 is 0 Å². The molecule has 34 heavy (non-hydrogen) atoms. The number of benzene rings is 2.